The maximum Gasteiger partial charge on any atom is 0.410 e. The number of nitrogens with zero attached hydrogens (tertiary/aromatic N) is 4. The Balaban J connectivity index is 1.33. The topological polar surface area (TPSA) is 101 Å². The molecule has 0 saturated carbocycles. The van der Waals surface area contributed by atoms with Crippen molar-refractivity contribution < 1.29 is 22.4 Å². The summed E-state index contributed by atoms with van der Waals surface area (Å²) in [6.45, 7) is 1.83. The van der Waals surface area contributed by atoms with Crippen LogP contribution in [-0.4, -0.2) is 42.8 Å². The molecule has 9 nitrogen and oxygen atoms in total. The van der Waals surface area contributed by atoms with Crippen LogP contribution in [0.5, 0.6) is 0 Å². The summed E-state index contributed by atoms with van der Waals surface area (Å²) >= 11 is 5.10. The fourth-order valence-electron chi connectivity index (χ4n) is 3.51. The van der Waals surface area contributed by atoms with Crippen LogP contribution in [0.15, 0.2) is 42.6 Å². The van der Waals surface area contributed by atoms with Crippen LogP contribution in [0, 0.1) is 5.82 Å². The van der Waals surface area contributed by atoms with E-state index in [1.807, 2.05) is 0 Å². The van der Waals surface area contributed by atoms with Gasteiger partial charge >= 0.3 is 6.18 Å². The summed E-state index contributed by atoms with van der Waals surface area (Å²) in [4.78, 5) is 12.4. The van der Waals surface area contributed by atoms with Crippen LogP contribution in [0.1, 0.15) is 35.4 Å². The highest BCUT2D eigenvalue weighted by Gasteiger charge is 2.45. The SMILES string of the molecule is C[C@H]1C[C@@H](C(F)(F)F)n2nc(C(=O)NNC(=S)Nc3ccn(Cc4ccccc4F)n3)cc2N1. The van der Waals surface area contributed by atoms with E-state index in [1.54, 1.807) is 37.4 Å². The lowest BCUT2D eigenvalue weighted by atomic mass is 10.1. The number of thiocarbonyl (C=S) groups is 1. The minimum atomic E-state index is -4.50. The fourth-order valence-corrected chi connectivity index (χ4v) is 3.67. The van der Waals surface area contributed by atoms with Gasteiger partial charge in [0.25, 0.3) is 5.91 Å². The number of carbonyl (C=O) groups excluding carboxylic acids is 1. The van der Waals surface area contributed by atoms with Gasteiger partial charge in [0.1, 0.15) is 11.6 Å². The highest BCUT2D eigenvalue weighted by molar-refractivity contribution is 7.80. The number of aromatic nitrogens is 4. The van der Waals surface area contributed by atoms with Gasteiger partial charge in [-0.2, -0.15) is 23.4 Å². The van der Waals surface area contributed by atoms with Crippen molar-refractivity contribution in [2.45, 2.75) is 38.1 Å². The van der Waals surface area contributed by atoms with Crippen LogP contribution in [0.25, 0.3) is 0 Å². The molecule has 2 aromatic heterocycles. The summed E-state index contributed by atoms with van der Waals surface area (Å²) in [7, 11) is 0. The van der Waals surface area contributed by atoms with Crippen molar-refractivity contribution in [1.29, 1.82) is 0 Å². The lowest BCUT2D eigenvalue weighted by molar-refractivity contribution is -0.173. The molecule has 4 N–H and O–H groups in total. The normalized spacial score (nSPS) is 17.4. The van der Waals surface area contributed by atoms with Crippen LogP contribution in [-0.2, 0) is 6.54 Å². The minimum absolute atomic E-state index is 0.0200. The van der Waals surface area contributed by atoms with Crippen LogP contribution >= 0.6 is 12.2 Å². The van der Waals surface area contributed by atoms with Crippen LogP contribution < -0.4 is 21.5 Å². The molecule has 0 saturated heterocycles. The highest BCUT2D eigenvalue weighted by atomic mass is 32.1. The predicted octanol–water partition coefficient (Wildman–Crippen LogP) is 3.21. The summed E-state index contributed by atoms with van der Waals surface area (Å²) < 4.78 is 56.1. The quantitative estimate of drug-likeness (QED) is 0.250. The molecule has 0 aliphatic carbocycles. The van der Waals surface area contributed by atoms with Gasteiger partial charge in [0.15, 0.2) is 22.7 Å². The van der Waals surface area contributed by atoms with Crippen molar-refractivity contribution in [1.82, 2.24) is 30.4 Å². The van der Waals surface area contributed by atoms with Crippen molar-refractivity contribution in [3.63, 3.8) is 0 Å². The second-order valence-electron chi connectivity index (χ2n) is 7.72. The summed E-state index contributed by atoms with van der Waals surface area (Å²) in [5, 5.41) is 13.6. The number of hydrazine groups is 1. The van der Waals surface area contributed by atoms with Crippen molar-refractivity contribution in [2.75, 3.05) is 10.6 Å². The maximum atomic E-state index is 13.8. The molecule has 0 bridgehead atoms. The molecule has 0 unspecified atom stereocenters. The number of anilines is 2. The molecule has 1 aliphatic heterocycles. The first-order valence-electron chi connectivity index (χ1n) is 10.2. The molecule has 34 heavy (non-hydrogen) atoms. The number of alkyl halides is 3. The molecule has 0 spiro atoms. The predicted molar refractivity (Wildman–Crippen MR) is 120 cm³/mol. The van der Waals surface area contributed by atoms with E-state index < -0.39 is 24.2 Å². The Morgan fingerprint density at radius 2 is 2.00 bits per heavy atom. The van der Waals surface area contributed by atoms with E-state index in [1.165, 1.54) is 16.8 Å². The molecule has 3 aromatic rings. The van der Waals surface area contributed by atoms with Crippen molar-refractivity contribution in [3.8, 4) is 0 Å². The Morgan fingerprint density at radius 1 is 1.24 bits per heavy atom. The second-order valence-corrected chi connectivity index (χ2v) is 8.13. The Labute approximate surface area is 196 Å². The fraction of sp³-hybridized carbons (Fsp3) is 0.300. The lowest BCUT2D eigenvalue weighted by Gasteiger charge is -2.31. The van der Waals surface area contributed by atoms with E-state index in [-0.39, 0.29) is 35.4 Å². The molecular weight excluding hydrogens is 476 g/mol. The summed E-state index contributed by atoms with van der Waals surface area (Å²) in [6.07, 6.45) is -3.07. The standard InChI is InChI=1S/C20H20F4N8OS/c1-11-8-15(20(22,23)24)32-17(25-11)9-14(29-32)18(33)27-28-19(34)26-16-6-7-31(30-16)10-12-4-2-3-5-13(12)21/h2-7,9,11,15,25H,8,10H2,1H3,(H,27,33)(H2,26,28,30,34)/t11-,15-/m0/s1. The van der Waals surface area contributed by atoms with Gasteiger partial charge in [0.05, 0.1) is 6.54 Å². The Kier molecular flexibility index (Phi) is 6.41. The zero-order valence-electron chi connectivity index (χ0n) is 17.7. The monoisotopic (exact) mass is 496 g/mol. The molecule has 180 valence electrons. The summed E-state index contributed by atoms with van der Waals surface area (Å²) in [6, 6.07) is 6.91. The largest absolute Gasteiger partial charge is 0.410 e. The number of hydrogen-bond acceptors (Lipinski definition) is 5. The number of halogens is 4. The number of hydrogen-bond donors (Lipinski definition) is 4. The number of fused-ring (bicyclic) bond motifs is 1. The highest BCUT2D eigenvalue weighted by Crippen LogP contribution is 2.39. The third-order valence-corrected chi connectivity index (χ3v) is 5.28. The Bertz CT molecular complexity index is 1210. The van der Waals surface area contributed by atoms with Crippen molar-refractivity contribution in [3.05, 3.63) is 59.7 Å². The average molecular weight is 496 g/mol. The van der Waals surface area contributed by atoms with Crippen LogP contribution in [0.4, 0.5) is 29.2 Å². The van der Waals surface area contributed by atoms with Gasteiger partial charge in [-0.15, -0.1) is 0 Å². The molecule has 1 aliphatic rings. The van der Waals surface area contributed by atoms with E-state index in [4.69, 9.17) is 12.2 Å². The van der Waals surface area contributed by atoms with E-state index in [0.29, 0.717) is 11.4 Å². The van der Waals surface area contributed by atoms with Gasteiger partial charge in [-0.3, -0.25) is 20.3 Å². The first-order chi connectivity index (χ1) is 16.1. The van der Waals surface area contributed by atoms with Gasteiger partial charge in [-0.25, -0.2) is 9.07 Å². The smallest absolute Gasteiger partial charge is 0.368 e. The molecule has 0 fully saturated rings. The van der Waals surface area contributed by atoms with Gasteiger partial charge in [-0.1, -0.05) is 18.2 Å². The minimum Gasteiger partial charge on any atom is -0.368 e. The molecule has 0 radical (unpaired) electrons. The summed E-state index contributed by atoms with van der Waals surface area (Å²) in [5.74, 6) is -0.676. The molecule has 1 aromatic carbocycles. The number of benzene rings is 1. The number of rotatable bonds is 4. The molecule has 1 amide bonds. The van der Waals surface area contributed by atoms with E-state index in [9.17, 15) is 22.4 Å². The van der Waals surface area contributed by atoms with Gasteiger partial charge < -0.3 is 10.6 Å². The average Bonchev–Trinajstić information content (AvgIpc) is 3.39. The van der Waals surface area contributed by atoms with E-state index in [0.717, 1.165) is 4.68 Å². The van der Waals surface area contributed by atoms with Crippen molar-refractivity contribution in [2.24, 2.45) is 0 Å². The zero-order valence-corrected chi connectivity index (χ0v) is 18.5. The first-order valence-corrected chi connectivity index (χ1v) is 10.6. The van der Waals surface area contributed by atoms with E-state index >= 15 is 0 Å². The number of amides is 1. The molecular formula is C20H20F4N8OS. The van der Waals surface area contributed by atoms with E-state index in [2.05, 4.69) is 31.7 Å². The van der Waals surface area contributed by atoms with Crippen LogP contribution in [0.3, 0.4) is 0 Å². The van der Waals surface area contributed by atoms with Crippen molar-refractivity contribution >= 4 is 34.9 Å². The first kappa shape index (κ1) is 23.5. The number of nitrogens with one attached hydrogen (secondary N) is 4. The zero-order chi connectivity index (χ0) is 24.5. The van der Waals surface area contributed by atoms with Gasteiger partial charge in [0.2, 0.25) is 0 Å². The summed E-state index contributed by atoms with van der Waals surface area (Å²) in [5.41, 5.74) is 4.98. The third kappa shape index (κ3) is 5.27. The maximum absolute atomic E-state index is 13.8. The molecule has 2 atom stereocenters. The molecule has 4 rings (SSSR count). The number of carbonyl (C=O) groups is 1. The van der Waals surface area contributed by atoms with Gasteiger partial charge in [-0.05, 0) is 31.6 Å². The van der Waals surface area contributed by atoms with Gasteiger partial charge in [0, 0.05) is 29.9 Å². The Hall–Kier alpha value is -3.68. The third-order valence-electron chi connectivity index (χ3n) is 5.07. The lowest BCUT2D eigenvalue weighted by Crippen LogP contribution is -2.44. The molecule has 3 heterocycles. The van der Waals surface area contributed by atoms with Crippen LogP contribution in [0.2, 0.25) is 0 Å². The molecule has 14 heteroatoms. The Morgan fingerprint density at radius 3 is 2.74 bits per heavy atom. The second kappa shape index (κ2) is 9.29.